The normalized spacial score (nSPS) is 17.8. The van der Waals surface area contributed by atoms with Gasteiger partial charge in [-0.3, -0.25) is 4.79 Å². The second kappa shape index (κ2) is 6.06. The average molecular weight is 262 g/mol. The van der Waals surface area contributed by atoms with E-state index in [1.54, 1.807) is 7.11 Å². The van der Waals surface area contributed by atoms with E-state index in [1.807, 2.05) is 31.2 Å². The second-order valence-electron chi connectivity index (χ2n) is 5.31. The maximum atomic E-state index is 12.3. The van der Waals surface area contributed by atoms with Crippen LogP contribution in [0, 0.1) is 5.41 Å². The van der Waals surface area contributed by atoms with Crippen molar-refractivity contribution in [1.82, 2.24) is 10.6 Å². The number of para-hydroxylation sites is 1. The first kappa shape index (κ1) is 13.9. The van der Waals surface area contributed by atoms with Gasteiger partial charge >= 0.3 is 0 Å². The minimum Gasteiger partial charge on any atom is -0.496 e. The van der Waals surface area contributed by atoms with Crippen molar-refractivity contribution >= 4 is 5.91 Å². The van der Waals surface area contributed by atoms with Crippen LogP contribution >= 0.6 is 0 Å². The molecule has 0 bridgehead atoms. The molecule has 4 nitrogen and oxygen atoms in total. The van der Waals surface area contributed by atoms with Gasteiger partial charge in [-0.05, 0) is 32.0 Å². The number of hydrogen-bond acceptors (Lipinski definition) is 3. The third kappa shape index (κ3) is 3.26. The van der Waals surface area contributed by atoms with E-state index in [0.29, 0.717) is 6.54 Å². The average Bonchev–Trinajstić information content (AvgIpc) is 2.45. The molecule has 0 saturated carbocycles. The molecular weight excluding hydrogens is 240 g/mol. The molecule has 1 fully saturated rings. The van der Waals surface area contributed by atoms with Crippen LogP contribution in [0.5, 0.6) is 5.75 Å². The van der Waals surface area contributed by atoms with Crippen molar-refractivity contribution in [2.45, 2.75) is 26.3 Å². The van der Waals surface area contributed by atoms with E-state index in [4.69, 9.17) is 4.74 Å². The van der Waals surface area contributed by atoms with E-state index in [2.05, 4.69) is 10.6 Å². The zero-order valence-corrected chi connectivity index (χ0v) is 11.7. The Hall–Kier alpha value is -1.55. The number of amides is 1. The highest BCUT2D eigenvalue weighted by Crippen LogP contribution is 2.28. The number of methoxy groups -OCH3 is 1. The van der Waals surface area contributed by atoms with Crippen LogP contribution in [0.4, 0.5) is 0 Å². The first-order valence-electron chi connectivity index (χ1n) is 6.77. The first-order chi connectivity index (χ1) is 9.15. The van der Waals surface area contributed by atoms with E-state index in [-0.39, 0.29) is 11.3 Å². The van der Waals surface area contributed by atoms with E-state index in [0.717, 1.165) is 37.2 Å². The smallest absolute Gasteiger partial charge is 0.226 e. The number of hydrogen-bond donors (Lipinski definition) is 2. The van der Waals surface area contributed by atoms with Crippen molar-refractivity contribution in [3.8, 4) is 5.75 Å². The van der Waals surface area contributed by atoms with Crippen molar-refractivity contribution in [3.63, 3.8) is 0 Å². The fraction of sp³-hybridized carbons (Fsp3) is 0.533. The summed E-state index contributed by atoms with van der Waals surface area (Å²) < 4.78 is 5.29. The van der Waals surface area contributed by atoms with Gasteiger partial charge in [0, 0.05) is 17.5 Å². The SMILES string of the molecule is COc1ccccc1CNC(=O)C1(C)CCNCC1. The standard InChI is InChI=1S/C15H22N2O2/c1-15(7-9-16-10-8-15)14(18)17-11-12-5-3-4-6-13(12)19-2/h3-6,16H,7-11H2,1-2H3,(H,17,18). The van der Waals surface area contributed by atoms with Gasteiger partial charge in [-0.2, -0.15) is 0 Å². The molecular formula is C15H22N2O2. The largest absolute Gasteiger partial charge is 0.496 e. The predicted molar refractivity (Wildman–Crippen MR) is 75.1 cm³/mol. The van der Waals surface area contributed by atoms with Crippen LogP contribution in [-0.2, 0) is 11.3 Å². The molecule has 0 aliphatic carbocycles. The Morgan fingerprint density at radius 1 is 1.37 bits per heavy atom. The molecule has 1 aromatic rings. The Balaban J connectivity index is 1.96. The van der Waals surface area contributed by atoms with Crippen molar-refractivity contribution in [1.29, 1.82) is 0 Å². The van der Waals surface area contributed by atoms with E-state index in [1.165, 1.54) is 0 Å². The van der Waals surface area contributed by atoms with Crippen molar-refractivity contribution in [2.75, 3.05) is 20.2 Å². The molecule has 104 valence electrons. The van der Waals surface area contributed by atoms with Gasteiger partial charge in [-0.1, -0.05) is 25.1 Å². The van der Waals surface area contributed by atoms with E-state index >= 15 is 0 Å². The second-order valence-corrected chi connectivity index (χ2v) is 5.31. The third-order valence-corrected chi connectivity index (χ3v) is 3.89. The summed E-state index contributed by atoms with van der Waals surface area (Å²) in [5.74, 6) is 0.957. The number of carbonyl (C=O) groups is 1. The van der Waals surface area contributed by atoms with Crippen LogP contribution < -0.4 is 15.4 Å². The zero-order valence-electron chi connectivity index (χ0n) is 11.7. The summed E-state index contributed by atoms with van der Waals surface area (Å²) in [5.41, 5.74) is 0.767. The molecule has 2 N–H and O–H groups in total. The highest BCUT2D eigenvalue weighted by atomic mass is 16.5. The maximum absolute atomic E-state index is 12.3. The van der Waals surface area contributed by atoms with Crippen LogP contribution in [0.3, 0.4) is 0 Å². The number of carbonyl (C=O) groups excluding carboxylic acids is 1. The monoisotopic (exact) mass is 262 g/mol. The van der Waals surface area contributed by atoms with Gasteiger partial charge in [0.05, 0.1) is 7.11 Å². The molecule has 2 rings (SSSR count). The van der Waals surface area contributed by atoms with Gasteiger partial charge in [0.25, 0.3) is 0 Å². The summed E-state index contributed by atoms with van der Waals surface area (Å²) in [7, 11) is 1.65. The molecule has 1 amide bonds. The van der Waals surface area contributed by atoms with Crippen molar-refractivity contribution in [2.24, 2.45) is 5.41 Å². The quantitative estimate of drug-likeness (QED) is 0.868. The Labute approximate surface area is 114 Å². The van der Waals surface area contributed by atoms with Gasteiger partial charge in [-0.25, -0.2) is 0 Å². The molecule has 0 atom stereocenters. The van der Waals surface area contributed by atoms with E-state index < -0.39 is 0 Å². The maximum Gasteiger partial charge on any atom is 0.226 e. The van der Waals surface area contributed by atoms with Gasteiger partial charge in [0.2, 0.25) is 5.91 Å². The fourth-order valence-electron chi connectivity index (χ4n) is 2.44. The fourth-order valence-corrected chi connectivity index (χ4v) is 2.44. The van der Waals surface area contributed by atoms with Gasteiger partial charge in [0.15, 0.2) is 0 Å². The van der Waals surface area contributed by atoms with Crippen molar-refractivity contribution < 1.29 is 9.53 Å². The van der Waals surface area contributed by atoms with Crippen molar-refractivity contribution in [3.05, 3.63) is 29.8 Å². The van der Waals surface area contributed by atoms with Crippen LogP contribution in [0.2, 0.25) is 0 Å². The molecule has 1 aliphatic rings. The van der Waals surface area contributed by atoms with Crippen LogP contribution in [-0.4, -0.2) is 26.1 Å². The lowest BCUT2D eigenvalue weighted by molar-refractivity contribution is -0.131. The topological polar surface area (TPSA) is 50.4 Å². The molecule has 4 heteroatoms. The predicted octanol–water partition coefficient (Wildman–Crippen LogP) is 1.70. The highest BCUT2D eigenvalue weighted by molar-refractivity contribution is 5.82. The third-order valence-electron chi connectivity index (χ3n) is 3.89. The lowest BCUT2D eigenvalue weighted by Gasteiger charge is -2.32. The summed E-state index contributed by atoms with van der Waals surface area (Å²) in [6, 6.07) is 7.77. The molecule has 0 radical (unpaired) electrons. The van der Waals surface area contributed by atoms with Crippen LogP contribution in [0.1, 0.15) is 25.3 Å². The summed E-state index contributed by atoms with van der Waals surface area (Å²) in [5, 5.41) is 6.32. The number of piperidine rings is 1. The molecule has 19 heavy (non-hydrogen) atoms. The van der Waals surface area contributed by atoms with Crippen LogP contribution in [0.15, 0.2) is 24.3 Å². The summed E-state index contributed by atoms with van der Waals surface area (Å²) in [4.78, 5) is 12.3. The number of ether oxygens (including phenoxy) is 1. The number of nitrogens with one attached hydrogen (secondary N) is 2. The molecule has 0 aromatic heterocycles. The summed E-state index contributed by atoms with van der Waals surface area (Å²) in [6.45, 7) is 4.40. The molecule has 0 unspecified atom stereocenters. The Bertz CT molecular complexity index is 440. The first-order valence-corrected chi connectivity index (χ1v) is 6.77. The highest BCUT2D eigenvalue weighted by Gasteiger charge is 2.34. The zero-order chi connectivity index (χ0) is 13.7. The van der Waals surface area contributed by atoms with E-state index in [9.17, 15) is 4.79 Å². The van der Waals surface area contributed by atoms with Gasteiger partial charge in [-0.15, -0.1) is 0 Å². The molecule has 1 aromatic carbocycles. The molecule has 0 spiro atoms. The van der Waals surface area contributed by atoms with Gasteiger partial charge in [0.1, 0.15) is 5.75 Å². The Kier molecular flexibility index (Phi) is 4.43. The number of benzene rings is 1. The lowest BCUT2D eigenvalue weighted by Crippen LogP contribution is -2.45. The molecule has 1 heterocycles. The Morgan fingerprint density at radius 2 is 2.05 bits per heavy atom. The lowest BCUT2D eigenvalue weighted by atomic mass is 9.80. The molecule has 1 aliphatic heterocycles. The molecule has 1 saturated heterocycles. The summed E-state index contributed by atoms with van der Waals surface area (Å²) in [6.07, 6.45) is 1.79. The summed E-state index contributed by atoms with van der Waals surface area (Å²) >= 11 is 0. The Morgan fingerprint density at radius 3 is 2.74 bits per heavy atom. The van der Waals surface area contributed by atoms with Gasteiger partial charge < -0.3 is 15.4 Å². The minimum absolute atomic E-state index is 0.139. The minimum atomic E-state index is -0.243. The van der Waals surface area contributed by atoms with Crippen LogP contribution in [0.25, 0.3) is 0 Å². The number of rotatable bonds is 4.